The van der Waals surface area contributed by atoms with Crippen LogP contribution in [0.5, 0.6) is 0 Å². The van der Waals surface area contributed by atoms with Crippen LogP contribution in [0.25, 0.3) is 21.8 Å². The minimum atomic E-state index is 0.536. The van der Waals surface area contributed by atoms with Gasteiger partial charge in [-0.1, -0.05) is 53.4 Å². The molecule has 0 aliphatic heterocycles. The zero-order valence-corrected chi connectivity index (χ0v) is 12.2. The summed E-state index contributed by atoms with van der Waals surface area (Å²) in [5, 5.41) is 14.4. The van der Waals surface area contributed by atoms with Crippen molar-refractivity contribution in [3.8, 4) is 0 Å². The predicted octanol–water partition coefficient (Wildman–Crippen LogP) is 3.18. The van der Waals surface area contributed by atoms with Crippen molar-refractivity contribution in [2.75, 3.05) is 0 Å². The number of fused-ring (bicyclic) bond motifs is 3. The molecule has 22 heavy (non-hydrogen) atoms. The lowest BCUT2D eigenvalue weighted by atomic mass is 10.1. The topological polar surface area (TPSA) is 44.8 Å². The first-order valence-corrected chi connectivity index (χ1v) is 7.26. The number of nitrogens with zero attached hydrogens (tertiary/aromatic N) is 3. The van der Waals surface area contributed by atoms with Gasteiger partial charge in [-0.25, -0.2) is 0 Å². The third-order valence-electron chi connectivity index (χ3n) is 3.99. The molecular weight excluding hydrogens is 274 g/mol. The Morgan fingerprint density at radius 3 is 2.55 bits per heavy atom. The van der Waals surface area contributed by atoms with Crippen molar-refractivity contribution in [2.24, 2.45) is 0 Å². The van der Waals surface area contributed by atoms with E-state index in [4.69, 9.17) is 0 Å². The maximum Gasteiger partial charge on any atom is 0.217 e. The van der Waals surface area contributed by atoms with Crippen LogP contribution in [-0.4, -0.2) is 9.67 Å². The van der Waals surface area contributed by atoms with E-state index in [1.54, 1.807) is 10.9 Å². The summed E-state index contributed by atoms with van der Waals surface area (Å²) in [5.74, 6) is 0. The van der Waals surface area contributed by atoms with E-state index < -0.39 is 0 Å². The van der Waals surface area contributed by atoms with Gasteiger partial charge < -0.3 is 5.21 Å². The van der Waals surface area contributed by atoms with Crippen molar-refractivity contribution in [1.29, 1.82) is 0 Å². The summed E-state index contributed by atoms with van der Waals surface area (Å²) in [5.41, 5.74) is 3.79. The molecule has 4 heteroatoms. The summed E-state index contributed by atoms with van der Waals surface area (Å²) >= 11 is 0. The number of benzene rings is 2. The van der Waals surface area contributed by atoms with E-state index in [9.17, 15) is 5.21 Å². The lowest BCUT2D eigenvalue weighted by molar-refractivity contribution is -0.690. The van der Waals surface area contributed by atoms with Gasteiger partial charge in [-0.2, -0.15) is 0 Å². The van der Waals surface area contributed by atoms with Gasteiger partial charge in [0.15, 0.2) is 0 Å². The van der Waals surface area contributed by atoms with Crippen molar-refractivity contribution >= 4 is 21.8 Å². The van der Waals surface area contributed by atoms with E-state index in [1.807, 2.05) is 61.5 Å². The molecule has 2 aromatic heterocycles. The zero-order chi connectivity index (χ0) is 15.1. The van der Waals surface area contributed by atoms with Crippen molar-refractivity contribution < 1.29 is 4.85 Å². The van der Waals surface area contributed by atoms with Gasteiger partial charge >= 0.3 is 0 Å². The molecule has 2 aromatic carbocycles. The number of hydrogen-bond donors (Lipinski definition) is 0. The third kappa shape index (κ3) is 1.92. The lowest BCUT2D eigenvalue weighted by Crippen LogP contribution is -2.36. The molecule has 0 radical (unpaired) electrons. The van der Waals surface area contributed by atoms with Crippen LogP contribution < -0.4 is 4.85 Å². The smallest absolute Gasteiger partial charge is 0.217 e. The number of para-hydroxylation sites is 1. The lowest BCUT2D eigenvalue weighted by Gasteiger charge is -2.06. The monoisotopic (exact) mass is 289 g/mol. The van der Waals surface area contributed by atoms with E-state index in [1.165, 1.54) is 0 Å². The summed E-state index contributed by atoms with van der Waals surface area (Å²) in [6.07, 6.45) is 1.65. The minimum Gasteiger partial charge on any atom is -0.596 e. The average Bonchev–Trinajstić information content (AvgIpc) is 2.86. The van der Waals surface area contributed by atoms with E-state index in [2.05, 4.69) is 4.98 Å². The average molecular weight is 289 g/mol. The third-order valence-corrected chi connectivity index (χ3v) is 3.99. The fraction of sp³-hybridized carbons (Fsp3) is 0.111. The van der Waals surface area contributed by atoms with Gasteiger partial charge in [0.05, 0.1) is 16.6 Å². The van der Waals surface area contributed by atoms with Crippen molar-refractivity contribution in [3.05, 3.63) is 77.3 Å². The molecule has 0 saturated heterocycles. The van der Waals surface area contributed by atoms with Crippen LogP contribution in [0, 0.1) is 12.1 Å². The number of rotatable bonds is 2. The summed E-state index contributed by atoms with van der Waals surface area (Å²) < 4.78 is 1.74. The van der Waals surface area contributed by atoms with Crippen LogP contribution in [0.2, 0.25) is 0 Å². The Bertz CT molecular complexity index is 974. The fourth-order valence-corrected chi connectivity index (χ4v) is 3.00. The Labute approximate surface area is 127 Å². The Morgan fingerprint density at radius 2 is 1.73 bits per heavy atom. The SMILES string of the molecule is Cc1nc2ccccc2c2c[n+]([O-])n(Cc3ccccc3)c12. The molecule has 0 saturated carbocycles. The second-order valence-electron chi connectivity index (χ2n) is 5.45. The highest BCUT2D eigenvalue weighted by Crippen LogP contribution is 2.25. The van der Waals surface area contributed by atoms with Crippen LogP contribution in [0.1, 0.15) is 11.3 Å². The van der Waals surface area contributed by atoms with Crippen molar-refractivity contribution in [2.45, 2.75) is 13.5 Å². The maximum absolute atomic E-state index is 12.4. The Balaban J connectivity index is 1.99. The Hall–Kier alpha value is -2.88. The normalized spacial score (nSPS) is 11.3. The highest BCUT2D eigenvalue weighted by molar-refractivity contribution is 6.04. The maximum atomic E-state index is 12.4. The second-order valence-corrected chi connectivity index (χ2v) is 5.45. The van der Waals surface area contributed by atoms with Gasteiger partial charge in [-0.3, -0.25) is 4.98 Å². The standard InChI is InChI=1S/C18H15N3O/c1-13-18-16(15-9-5-6-10-17(15)19-13)12-21(22)20(18)11-14-7-3-2-4-8-14/h2-10,12H,11H2,1H3. The molecule has 0 atom stereocenters. The summed E-state index contributed by atoms with van der Waals surface area (Å²) in [7, 11) is 0. The molecule has 0 bridgehead atoms. The zero-order valence-electron chi connectivity index (χ0n) is 12.2. The van der Waals surface area contributed by atoms with Crippen LogP contribution in [0.4, 0.5) is 0 Å². The molecule has 4 rings (SSSR count). The molecule has 0 aliphatic carbocycles. The van der Waals surface area contributed by atoms with Crippen molar-refractivity contribution in [3.63, 3.8) is 0 Å². The molecule has 0 fully saturated rings. The number of pyridine rings is 1. The Kier molecular flexibility index (Phi) is 2.82. The van der Waals surface area contributed by atoms with E-state index in [0.717, 1.165) is 37.9 Å². The Morgan fingerprint density at radius 1 is 1.00 bits per heavy atom. The van der Waals surface area contributed by atoms with E-state index in [0.29, 0.717) is 6.54 Å². The fourth-order valence-electron chi connectivity index (χ4n) is 3.00. The summed E-state index contributed by atoms with van der Waals surface area (Å²) in [6, 6.07) is 17.9. The summed E-state index contributed by atoms with van der Waals surface area (Å²) in [4.78, 5) is 5.56. The molecule has 0 amide bonds. The van der Waals surface area contributed by atoms with Gasteiger partial charge in [0.1, 0.15) is 12.1 Å². The minimum absolute atomic E-state index is 0.536. The molecule has 2 heterocycles. The molecular formula is C18H15N3O. The predicted molar refractivity (Wildman–Crippen MR) is 86.5 cm³/mol. The first-order chi connectivity index (χ1) is 10.7. The molecule has 4 aromatic rings. The number of aryl methyl sites for hydroxylation is 1. The van der Waals surface area contributed by atoms with Gasteiger partial charge in [0.25, 0.3) is 0 Å². The highest BCUT2D eigenvalue weighted by atomic mass is 16.5. The van der Waals surface area contributed by atoms with Gasteiger partial charge in [-0.05, 0) is 18.6 Å². The first kappa shape index (κ1) is 12.8. The highest BCUT2D eigenvalue weighted by Gasteiger charge is 2.17. The van der Waals surface area contributed by atoms with Crippen molar-refractivity contribution in [1.82, 2.24) is 9.67 Å². The van der Waals surface area contributed by atoms with Crippen LogP contribution >= 0.6 is 0 Å². The van der Waals surface area contributed by atoms with E-state index >= 15 is 0 Å². The van der Waals surface area contributed by atoms with Gasteiger partial charge in [-0.15, -0.1) is 4.68 Å². The van der Waals surface area contributed by atoms with Crippen LogP contribution in [-0.2, 0) is 6.54 Å². The summed E-state index contributed by atoms with van der Waals surface area (Å²) in [6.45, 7) is 2.49. The molecule has 0 spiro atoms. The molecule has 108 valence electrons. The van der Waals surface area contributed by atoms with Crippen LogP contribution in [0.15, 0.2) is 60.8 Å². The molecule has 0 unspecified atom stereocenters. The van der Waals surface area contributed by atoms with E-state index in [-0.39, 0.29) is 0 Å². The number of hydrogen-bond acceptors (Lipinski definition) is 2. The molecule has 0 aliphatic rings. The molecule has 0 N–H and O–H groups in total. The van der Waals surface area contributed by atoms with Crippen LogP contribution in [0.3, 0.4) is 0 Å². The molecule has 4 nitrogen and oxygen atoms in total. The quantitative estimate of drug-likeness (QED) is 0.420. The van der Waals surface area contributed by atoms with Gasteiger partial charge in [0.2, 0.25) is 6.20 Å². The first-order valence-electron chi connectivity index (χ1n) is 7.26. The second kappa shape index (κ2) is 4.84. The number of aromatic nitrogens is 3. The largest absolute Gasteiger partial charge is 0.596 e. The van der Waals surface area contributed by atoms with Gasteiger partial charge in [0, 0.05) is 5.39 Å².